The van der Waals surface area contributed by atoms with Crippen molar-refractivity contribution in [1.82, 2.24) is 4.90 Å². The minimum atomic E-state index is -0.864. The van der Waals surface area contributed by atoms with E-state index in [2.05, 4.69) is 0 Å². The van der Waals surface area contributed by atoms with Crippen LogP contribution < -0.4 is 4.74 Å². The smallest absolute Gasteiger partial charge is 0.307 e. The van der Waals surface area contributed by atoms with Crippen molar-refractivity contribution in [3.63, 3.8) is 0 Å². The van der Waals surface area contributed by atoms with Crippen LogP contribution in [0.15, 0.2) is 24.3 Å². The van der Waals surface area contributed by atoms with E-state index in [-0.39, 0.29) is 12.3 Å². The van der Waals surface area contributed by atoms with Crippen LogP contribution in [0.2, 0.25) is 0 Å². The molecule has 0 aliphatic carbocycles. The summed E-state index contributed by atoms with van der Waals surface area (Å²) in [6.07, 6.45) is 1.10. The predicted molar refractivity (Wildman–Crippen MR) is 80.4 cm³/mol. The second kappa shape index (κ2) is 9.00. The van der Waals surface area contributed by atoms with Crippen LogP contribution in [0.25, 0.3) is 0 Å². The largest absolute Gasteiger partial charge is 0.494 e. The van der Waals surface area contributed by atoms with Crippen molar-refractivity contribution in [3.8, 4) is 5.75 Å². The molecule has 1 aromatic rings. The zero-order valence-corrected chi connectivity index (χ0v) is 12.7. The maximum atomic E-state index is 11.8. The van der Waals surface area contributed by atoms with E-state index in [1.54, 1.807) is 29.2 Å². The van der Waals surface area contributed by atoms with E-state index in [0.29, 0.717) is 30.8 Å². The van der Waals surface area contributed by atoms with Gasteiger partial charge in [-0.15, -0.1) is 0 Å². The Balaban J connectivity index is 2.35. The van der Waals surface area contributed by atoms with Gasteiger partial charge in [-0.3, -0.25) is 9.59 Å². The predicted octanol–water partition coefficient (Wildman–Crippen LogP) is 2.34. The topological polar surface area (TPSA) is 66.8 Å². The Morgan fingerprint density at radius 2 is 1.95 bits per heavy atom. The number of hydrogen-bond acceptors (Lipinski definition) is 3. The Kier molecular flexibility index (Phi) is 7.29. The first-order valence-electron chi connectivity index (χ1n) is 7.28. The SMILES string of the molecule is CCN(CC)C(=O)CCCOc1cccc(CC(=O)O)c1. The Labute approximate surface area is 125 Å². The van der Waals surface area contributed by atoms with E-state index in [1.165, 1.54) is 0 Å². The number of amides is 1. The number of hydrogen-bond donors (Lipinski definition) is 1. The van der Waals surface area contributed by atoms with E-state index in [1.807, 2.05) is 13.8 Å². The molecule has 0 radical (unpaired) electrons. The fourth-order valence-corrected chi connectivity index (χ4v) is 2.07. The molecule has 0 unspecified atom stereocenters. The van der Waals surface area contributed by atoms with Gasteiger partial charge in [-0.25, -0.2) is 0 Å². The van der Waals surface area contributed by atoms with Crippen LogP contribution in [-0.4, -0.2) is 41.6 Å². The van der Waals surface area contributed by atoms with Gasteiger partial charge in [0.05, 0.1) is 13.0 Å². The van der Waals surface area contributed by atoms with Crippen LogP contribution in [0.5, 0.6) is 5.75 Å². The number of benzene rings is 1. The molecule has 5 nitrogen and oxygen atoms in total. The van der Waals surface area contributed by atoms with E-state index in [4.69, 9.17) is 9.84 Å². The molecule has 0 saturated carbocycles. The number of aliphatic carboxylic acids is 1. The van der Waals surface area contributed by atoms with E-state index in [9.17, 15) is 9.59 Å². The molecule has 0 saturated heterocycles. The quantitative estimate of drug-likeness (QED) is 0.710. The first-order chi connectivity index (χ1) is 10.1. The van der Waals surface area contributed by atoms with Crippen molar-refractivity contribution in [2.45, 2.75) is 33.1 Å². The molecule has 0 aliphatic heterocycles. The lowest BCUT2D eigenvalue weighted by molar-refractivity contribution is -0.136. The maximum Gasteiger partial charge on any atom is 0.307 e. The lowest BCUT2D eigenvalue weighted by Crippen LogP contribution is -2.30. The summed E-state index contributed by atoms with van der Waals surface area (Å²) in [5.74, 6) is -0.0794. The van der Waals surface area contributed by atoms with Crippen LogP contribution in [0.3, 0.4) is 0 Å². The monoisotopic (exact) mass is 293 g/mol. The summed E-state index contributed by atoms with van der Waals surface area (Å²) in [6, 6.07) is 7.04. The summed E-state index contributed by atoms with van der Waals surface area (Å²) in [5.41, 5.74) is 0.708. The molecule has 1 N–H and O–H groups in total. The Morgan fingerprint density at radius 3 is 2.57 bits per heavy atom. The Hall–Kier alpha value is -2.04. The van der Waals surface area contributed by atoms with Gasteiger partial charge in [-0.1, -0.05) is 12.1 Å². The summed E-state index contributed by atoms with van der Waals surface area (Å²) in [5, 5.41) is 8.75. The molecule has 0 aliphatic rings. The highest BCUT2D eigenvalue weighted by molar-refractivity contribution is 5.76. The fraction of sp³-hybridized carbons (Fsp3) is 0.500. The number of nitrogens with zero attached hydrogens (tertiary/aromatic N) is 1. The summed E-state index contributed by atoms with van der Waals surface area (Å²) in [4.78, 5) is 24.2. The number of carboxylic acid groups (broad SMARTS) is 1. The van der Waals surface area contributed by atoms with Gasteiger partial charge >= 0.3 is 5.97 Å². The molecule has 5 heteroatoms. The summed E-state index contributed by atoms with van der Waals surface area (Å²) < 4.78 is 5.56. The third-order valence-corrected chi connectivity index (χ3v) is 3.17. The Bertz CT molecular complexity index is 469. The number of carbonyl (C=O) groups excluding carboxylic acids is 1. The third kappa shape index (κ3) is 6.29. The van der Waals surface area contributed by atoms with Crippen LogP contribution in [0.4, 0.5) is 0 Å². The van der Waals surface area contributed by atoms with Gasteiger partial charge in [-0.05, 0) is 38.0 Å². The molecule has 0 heterocycles. The first kappa shape index (κ1) is 17.0. The Morgan fingerprint density at radius 1 is 1.24 bits per heavy atom. The van der Waals surface area contributed by atoms with E-state index in [0.717, 1.165) is 13.1 Å². The van der Waals surface area contributed by atoms with Crippen molar-refractivity contribution < 1.29 is 19.4 Å². The summed E-state index contributed by atoms with van der Waals surface area (Å²) in [6.45, 7) is 5.84. The lowest BCUT2D eigenvalue weighted by atomic mass is 10.1. The zero-order chi connectivity index (χ0) is 15.7. The van der Waals surface area contributed by atoms with E-state index < -0.39 is 5.97 Å². The molecular weight excluding hydrogens is 270 g/mol. The molecule has 0 fully saturated rings. The van der Waals surface area contributed by atoms with Crippen LogP contribution >= 0.6 is 0 Å². The lowest BCUT2D eigenvalue weighted by Gasteiger charge is -2.18. The minimum Gasteiger partial charge on any atom is -0.494 e. The average Bonchev–Trinajstić information content (AvgIpc) is 2.44. The molecule has 1 rings (SSSR count). The molecule has 0 bridgehead atoms. The van der Waals surface area contributed by atoms with Gasteiger partial charge in [0.25, 0.3) is 0 Å². The minimum absolute atomic E-state index is 0.0162. The van der Waals surface area contributed by atoms with Crippen LogP contribution in [-0.2, 0) is 16.0 Å². The van der Waals surface area contributed by atoms with Gasteiger partial charge < -0.3 is 14.7 Å². The van der Waals surface area contributed by atoms with Gasteiger partial charge in [0, 0.05) is 19.5 Å². The van der Waals surface area contributed by atoms with Crippen LogP contribution in [0, 0.1) is 0 Å². The molecule has 1 aromatic carbocycles. The molecular formula is C16H23NO4. The first-order valence-corrected chi connectivity index (χ1v) is 7.28. The fourth-order valence-electron chi connectivity index (χ4n) is 2.07. The average molecular weight is 293 g/mol. The second-order valence-electron chi connectivity index (χ2n) is 4.74. The number of carboxylic acids is 1. The van der Waals surface area contributed by atoms with Crippen LogP contribution in [0.1, 0.15) is 32.3 Å². The normalized spacial score (nSPS) is 10.2. The number of rotatable bonds is 9. The molecule has 1 amide bonds. The molecule has 0 spiro atoms. The van der Waals surface area contributed by atoms with Gasteiger partial charge in [0.15, 0.2) is 0 Å². The summed E-state index contributed by atoms with van der Waals surface area (Å²) >= 11 is 0. The highest BCUT2D eigenvalue weighted by Crippen LogP contribution is 2.14. The zero-order valence-electron chi connectivity index (χ0n) is 12.7. The highest BCUT2D eigenvalue weighted by Gasteiger charge is 2.08. The standard InChI is InChI=1S/C16H23NO4/c1-3-17(4-2)15(18)9-6-10-21-14-8-5-7-13(11-14)12-16(19)20/h5,7-8,11H,3-4,6,9-10,12H2,1-2H3,(H,19,20). The van der Waals surface area contributed by atoms with Crippen molar-refractivity contribution in [1.29, 1.82) is 0 Å². The van der Waals surface area contributed by atoms with Gasteiger partial charge in [0.1, 0.15) is 5.75 Å². The van der Waals surface area contributed by atoms with Crippen molar-refractivity contribution in [2.24, 2.45) is 0 Å². The molecule has 0 aromatic heterocycles. The maximum absolute atomic E-state index is 11.8. The molecule has 116 valence electrons. The number of carbonyl (C=O) groups is 2. The van der Waals surface area contributed by atoms with Gasteiger partial charge in [-0.2, -0.15) is 0 Å². The van der Waals surface area contributed by atoms with Gasteiger partial charge in [0.2, 0.25) is 5.91 Å². The van der Waals surface area contributed by atoms with Crippen molar-refractivity contribution in [2.75, 3.05) is 19.7 Å². The number of ether oxygens (including phenoxy) is 1. The summed E-state index contributed by atoms with van der Waals surface area (Å²) in [7, 11) is 0. The molecule has 21 heavy (non-hydrogen) atoms. The van der Waals surface area contributed by atoms with Crippen molar-refractivity contribution in [3.05, 3.63) is 29.8 Å². The molecule has 0 atom stereocenters. The second-order valence-corrected chi connectivity index (χ2v) is 4.74. The van der Waals surface area contributed by atoms with Crippen molar-refractivity contribution >= 4 is 11.9 Å². The third-order valence-electron chi connectivity index (χ3n) is 3.17. The highest BCUT2D eigenvalue weighted by atomic mass is 16.5. The van der Waals surface area contributed by atoms with E-state index >= 15 is 0 Å².